The first-order valence-corrected chi connectivity index (χ1v) is 8.25. The number of aromatic nitrogens is 2. The molecule has 0 spiro atoms. The summed E-state index contributed by atoms with van der Waals surface area (Å²) in [6, 6.07) is 14.1. The summed E-state index contributed by atoms with van der Waals surface area (Å²) >= 11 is 0. The van der Waals surface area contributed by atoms with Crippen molar-refractivity contribution in [2.45, 2.75) is 18.9 Å². The second kappa shape index (κ2) is 6.33. The zero-order valence-corrected chi connectivity index (χ0v) is 13.8. The van der Waals surface area contributed by atoms with Crippen LogP contribution in [0.2, 0.25) is 0 Å². The zero-order chi connectivity index (χ0) is 18.1. The molecule has 0 radical (unpaired) electrons. The number of benzene rings is 1. The van der Waals surface area contributed by atoms with Crippen molar-refractivity contribution < 1.29 is 9.59 Å². The average Bonchev–Trinajstić information content (AvgIpc) is 3.38. The van der Waals surface area contributed by atoms with Gasteiger partial charge in [0.05, 0.1) is 17.1 Å². The van der Waals surface area contributed by atoms with E-state index in [2.05, 4.69) is 15.6 Å². The summed E-state index contributed by atoms with van der Waals surface area (Å²) in [5.41, 5.74) is 1.65. The van der Waals surface area contributed by atoms with E-state index in [1.54, 1.807) is 53.1 Å². The first-order valence-electron chi connectivity index (χ1n) is 8.25. The van der Waals surface area contributed by atoms with Crippen LogP contribution in [0, 0.1) is 11.3 Å². The Morgan fingerprint density at radius 1 is 1.15 bits per heavy atom. The lowest BCUT2D eigenvalue weighted by atomic mass is 10.2. The molecule has 2 aromatic heterocycles. The molecule has 7 nitrogen and oxygen atoms in total. The lowest BCUT2D eigenvalue weighted by Crippen LogP contribution is -2.27. The standard InChI is InChI=1S/C19H15N5O2/c20-11-12-4-3-5-14(10-12)22-18(25)16-15-6-1-2-9-24(15)17(23-16)19(26)21-13-7-8-13/h1-6,9-10,13H,7-8H2,(H,21,26)(H,22,25). The highest BCUT2D eigenvalue weighted by Gasteiger charge is 2.27. The van der Waals surface area contributed by atoms with Gasteiger partial charge in [-0.15, -0.1) is 0 Å². The highest BCUT2D eigenvalue weighted by molar-refractivity contribution is 6.09. The molecule has 2 amide bonds. The Kier molecular flexibility index (Phi) is 3.86. The fourth-order valence-electron chi connectivity index (χ4n) is 2.70. The van der Waals surface area contributed by atoms with Gasteiger partial charge in [-0.2, -0.15) is 5.26 Å². The molecule has 1 fully saturated rings. The van der Waals surface area contributed by atoms with Gasteiger partial charge in [0, 0.05) is 17.9 Å². The van der Waals surface area contributed by atoms with E-state index in [1.807, 2.05) is 6.07 Å². The Bertz CT molecular complexity index is 1060. The van der Waals surface area contributed by atoms with Crippen molar-refractivity contribution in [3.05, 3.63) is 65.7 Å². The predicted octanol–water partition coefficient (Wildman–Crippen LogP) is 2.35. The van der Waals surface area contributed by atoms with Crippen LogP contribution in [0.1, 0.15) is 39.5 Å². The summed E-state index contributed by atoms with van der Waals surface area (Å²) in [5.74, 6) is -0.545. The molecule has 0 atom stereocenters. The summed E-state index contributed by atoms with van der Waals surface area (Å²) in [6.45, 7) is 0. The molecule has 2 heterocycles. The minimum atomic E-state index is -0.436. The fourth-order valence-corrected chi connectivity index (χ4v) is 2.70. The number of fused-ring (bicyclic) bond motifs is 1. The van der Waals surface area contributed by atoms with Crippen LogP contribution in [-0.4, -0.2) is 27.2 Å². The monoisotopic (exact) mass is 345 g/mol. The maximum atomic E-state index is 12.7. The maximum Gasteiger partial charge on any atom is 0.287 e. The van der Waals surface area contributed by atoms with Crippen molar-refractivity contribution in [1.82, 2.24) is 14.7 Å². The smallest absolute Gasteiger partial charge is 0.287 e. The van der Waals surface area contributed by atoms with Crippen molar-refractivity contribution in [2.75, 3.05) is 5.32 Å². The summed E-state index contributed by atoms with van der Waals surface area (Å²) in [4.78, 5) is 29.4. The van der Waals surface area contributed by atoms with Crippen molar-refractivity contribution in [2.24, 2.45) is 0 Å². The third kappa shape index (κ3) is 3.00. The molecule has 0 bridgehead atoms. The van der Waals surface area contributed by atoms with E-state index >= 15 is 0 Å². The number of nitrogens with zero attached hydrogens (tertiary/aromatic N) is 3. The topological polar surface area (TPSA) is 99.3 Å². The van der Waals surface area contributed by atoms with Crippen molar-refractivity contribution in [3.63, 3.8) is 0 Å². The van der Waals surface area contributed by atoms with Crippen molar-refractivity contribution in [3.8, 4) is 6.07 Å². The second-order valence-electron chi connectivity index (χ2n) is 6.13. The van der Waals surface area contributed by atoms with Crippen LogP contribution < -0.4 is 10.6 Å². The molecule has 1 aliphatic rings. The third-order valence-electron chi connectivity index (χ3n) is 4.13. The molecule has 26 heavy (non-hydrogen) atoms. The van der Waals surface area contributed by atoms with Gasteiger partial charge < -0.3 is 10.6 Å². The summed E-state index contributed by atoms with van der Waals surface area (Å²) < 4.78 is 1.61. The van der Waals surface area contributed by atoms with Crippen LogP contribution >= 0.6 is 0 Å². The number of nitrogens with one attached hydrogen (secondary N) is 2. The Morgan fingerprint density at radius 2 is 2.00 bits per heavy atom. The van der Waals surface area contributed by atoms with Gasteiger partial charge in [0.1, 0.15) is 0 Å². The Hall–Kier alpha value is -3.66. The summed E-state index contributed by atoms with van der Waals surface area (Å²) in [6.07, 6.45) is 3.65. The molecule has 4 rings (SSSR count). The quantitative estimate of drug-likeness (QED) is 0.758. The van der Waals surface area contributed by atoms with Crippen LogP contribution in [0.4, 0.5) is 5.69 Å². The zero-order valence-electron chi connectivity index (χ0n) is 13.8. The van der Waals surface area contributed by atoms with Gasteiger partial charge >= 0.3 is 0 Å². The maximum absolute atomic E-state index is 12.7. The average molecular weight is 345 g/mol. The molecule has 1 aliphatic carbocycles. The van der Waals surface area contributed by atoms with Crippen LogP contribution in [0.15, 0.2) is 48.7 Å². The van der Waals surface area contributed by atoms with Gasteiger partial charge in [0.15, 0.2) is 5.69 Å². The normalized spacial score (nSPS) is 13.2. The Balaban J connectivity index is 1.68. The van der Waals surface area contributed by atoms with Gasteiger partial charge in [0.2, 0.25) is 5.82 Å². The first kappa shape index (κ1) is 15.8. The number of imidazole rings is 1. The van der Waals surface area contributed by atoms with E-state index in [9.17, 15) is 9.59 Å². The van der Waals surface area contributed by atoms with Gasteiger partial charge in [-0.1, -0.05) is 12.1 Å². The minimum absolute atomic E-state index is 0.161. The largest absolute Gasteiger partial charge is 0.347 e. The van der Waals surface area contributed by atoms with E-state index in [-0.39, 0.29) is 23.5 Å². The van der Waals surface area contributed by atoms with Crippen LogP contribution in [0.25, 0.3) is 5.52 Å². The highest BCUT2D eigenvalue weighted by Crippen LogP contribution is 2.21. The number of amides is 2. The number of carbonyl (C=O) groups excluding carboxylic acids is 2. The first-order chi connectivity index (χ1) is 12.7. The number of rotatable bonds is 4. The molecule has 3 aromatic rings. The fraction of sp³-hybridized carbons (Fsp3) is 0.158. The minimum Gasteiger partial charge on any atom is -0.347 e. The number of anilines is 1. The molecule has 0 unspecified atom stereocenters. The van der Waals surface area contributed by atoms with Crippen LogP contribution in [-0.2, 0) is 0 Å². The van der Waals surface area contributed by atoms with E-state index in [0.717, 1.165) is 12.8 Å². The number of pyridine rings is 1. The molecule has 1 saturated carbocycles. The second-order valence-corrected chi connectivity index (χ2v) is 6.13. The van der Waals surface area contributed by atoms with Gasteiger partial charge in [-0.25, -0.2) is 4.98 Å². The Morgan fingerprint density at radius 3 is 2.77 bits per heavy atom. The van der Waals surface area contributed by atoms with Crippen molar-refractivity contribution >= 4 is 23.0 Å². The lowest BCUT2D eigenvalue weighted by Gasteiger charge is -2.03. The molecule has 0 aliphatic heterocycles. The Labute approximate surface area is 149 Å². The SMILES string of the molecule is N#Cc1cccc(NC(=O)c2nc(C(=O)NC3CC3)n3ccccc23)c1. The molecule has 0 saturated heterocycles. The molecule has 128 valence electrons. The number of carbonyl (C=O) groups is 2. The molecular weight excluding hydrogens is 330 g/mol. The number of hydrogen-bond acceptors (Lipinski definition) is 4. The van der Waals surface area contributed by atoms with Crippen LogP contribution in [0.3, 0.4) is 0 Å². The number of nitriles is 1. The predicted molar refractivity (Wildman–Crippen MR) is 94.8 cm³/mol. The van der Waals surface area contributed by atoms with E-state index in [1.165, 1.54) is 0 Å². The highest BCUT2D eigenvalue weighted by atomic mass is 16.2. The van der Waals surface area contributed by atoms with Crippen molar-refractivity contribution in [1.29, 1.82) is 5.26 Å². The van der Waals surface area contributed by atoms with E-state index in [4.69, 9.17) is 5.26 Å². The number of hydrogen-bond donors (Lipinski definition) is 2. The third-order valence-corrected chi connectivity index (χ3v) is 4.13. The summed E-state index contributed by atoms with van der Waals surface area (Å²) in [5, 5.41) is 14.6. The van der Waals surface area contributed by atoms with E-state index < -0.39 is 5.91 Å². The molecule has 2 N–H and O–H groups in total. The van der Waals surface area contributed by atoms with Gasteiger partial charge in [-0.05, 0) is 43.2 Å². The molecule has 7 heteroatoms. The summed E-state index contributed by atoms with van der Waals surface area (Å²) in [7, 11) is 0. The lowest BCUT2D eigenvalue weighted by molar-refractivity contribution is 0.0940. The van der Waals surface area contributed by atoms with Gasteiger partial charge in [0.25, 0.3) is 11.8 Å². The van der Waals surface area contributed by atoms with E-state index in [0.29, 0.717) is 16.8 Å². The van der Waals surface area contributed by atoms with Gasteiger partial charge in [-0.3, -0.25) is 14.0 Å². The molecular formula is C19H15N5O2. The van der Waals surface area contributed by atoms with Crippen LogP contribution in [0.5, 0.6) is 0 Å². The molecule has 1 aromatic carbocycles.